The molecule has 0 spiro atoms. The summed E-state index contributed by atoms with van der Waals surface area (Å²) in [5.74, 6) is 0.242. The van der Waals surface area contributed by atoms with Gasteiger partial charge in [-0.25, -0.2) is 4.79 Å². The normalized spacial score (nSPS) is 12.6. The van der Waals surface area contributed by atoms with Gasteiger partial charge in [0.05, 0.1) is 13.2 Å². The Labute approximate surface area is 153 Å². The van der Waals surface area contributed by atoms with Gasteiger partial charge in [0.25, 0.3) is 5.91 Å². The number of para-hydroxylation sites is 2. The summed E-state index contributed by atoms with van der Waals surface area (Å²) in [6, 6.07) is 16.1. The first kappa shape index (κ1) is 19.3. The maximum Gasteiger partial charge on any atom is 0.347 e. The van der Waals surface area contributed by atoms with Gasteiger partial charge in [-0.1, -0.05) is 36.4 Å². The minimum atomic E-state index is -0.808. The van der Waals surface area contributed by atoms with Gasteiger partial charge in [-0.05, 0) is 32.0 Å². The van der Waals surface area contributed by atoms with Crippen molar-refractivity contribution >= 4 is 11.9 Å². The third-order valence-electron chi connectivity index (χ3n) is 3.72. The Kier molecular flexibility index (Phi) is 7.02. The third kappa shape index (κ3) is 5.51. The Morgan fingerprint density at radius 2 is 1.65 bits per heavy atom. The topological polar surface area (TPSA) is 73.9 Å². The molecule has 2 aromatic carbocycles. The Morgan fingerprint density at radius 1 is 1.00 bits per heavy atom. The molecule has 0 heterocycles. The van der Waals surface area contributed by atoms with Crippen LogP contribution in [0.25, 0.3) is 0 Å². The van der Waals surface area contributed by atoms with Gasteiger partial charge in [-0.15, -0.1) is 0 Å². The lowest BCUT2D eigenvalue weighted by atomic mass is 10.1. The fourth-order valence-corrected chi connectivity index (χ4v) is 2.39. The van der Waals surface area contributed by atoms with Crippen LogP contribution in [0.2, 0.25) is 0 Å². The Hall–Kier alpha value is -3.02. The van der Waals surface area contributed by atoms with E-state index >= 15 is 0 Å². The van der Waals surface area contributed by atoms with Crippen LogP contribution in [0.1, 0.15) is 25.5 Å². The van der Waals surface area contributed by atoms with Gasteiger partial charge >= 0.3 is 5.97 Å². The first-order valence-electron chi connectivity index (χ1n) is 8.32. The van der Waals surface area contributed by atoms with Crippen LogP contribution in [0.5, 0.6) is 11.5 Å². The van der Waals surface area contributed by atoms with E-state index in [0.717, 1.165) is 5.56 Å². The number of carbonyl (C=O) groups is 2. The number of esters is 1. The number of methoxy groups -OCH3 is 1. The molecule has 6 heteroatoms. The van der Waals surface area contributed by atoms with Gasteiger partial charge < -0.3 is 19.5 Å². The molecule has 2 rings (SSSR count). The van der Waals surface area contributed by atoms with Crippen molar-refractivity contribution < 1.29 is 23.8 Å². The van der Waals surface area contributed by atoms with E-state index in [-0.39, 0.29) is 12.6 Å². The van der Waals surface area contributed by atoms with Gasteiger partial charge in [0.1, 0.15) is 11.5 Å². The van der Waals surface area contributed by atoms with E-state index in [9.17, 15) is 9.59 Å². The first-order chi connectivity index (χ1) is 12.5. The molecule has 0 aromatic heterocycles. The van der Waals surface area contributed by atoms with E-state index in [4.69, 9.17) is 14.2 Å². The maximum atomic E-state index is 12.0. The van der Waals surface area contributed by atoms with E-state index in [0.29, 0.717) is 11.5 Å². The third-order valence-corrected chi connectivity index (χ3v) is 3.72. The molecule has 0 aliphatic heterocycles. The quantitative estimate of drug-likeness (QED) is 0.736. The van der Waals surface area contributed by atoms with Crippen LogP contribution in [0.3, 0.4) is 0 Å². The van der Waals surface area contributed by atoms with Crippen molar-refractivity contribution in [3.8, 4) is 11.5 Å². The lowest BCUT2D eigenvalue weighted by Gasteiger charge is -2.18. The molecule has 26 heavy (non-hydrogen) atoms. The number of nitrogens with one attached hydrogen (secondary N) is 1. The monoisotopic (exact) mass is 357 g/mol. The maximum absolute atomic E-state index is 12.0. The second-order valence-corrected chi connectivity index (χ2v) is 5.71. The number of ether oxygens (including phenoxy) is 3. The first-order valence-corrected chi connectivity index (χ1v) is 8.32. The van der Waals surface area contributed by atoms with E-state index in [1.165, 1.54) is 0 Å². The van der Waals surface area contributed by atoms with Crippen LogP contribution in [0, 0.1) is 0 Å². The van der Waals surface area contributed by atoms with Crippen molar-refractivity contribution in [1.82, 2.24) is 5.32 Å². The number of rotatable bonds is 8. The van der Waals surface area contributed by atoms with E-state index < -0.39 is 18.0 Å². The van der Waals surface area contributed by atoms with Crippen molar-refractivity contribution in [2.24, 2.45) is 0 Å². The molecule has 0 radical (unpaired) electrons. The highest BCUT2D eigenvalue weighted by molar-refractivity contribution is 5.82. The van der Waals surface area contributed by atoms with Gasteiger partial charge in [-0.3, -0.25) is 4.79 Å². The van der Waals surface area contributed by atoms with Gasteiger partial charge in [0, 0.05) is 5.56 Å². The van der Waals surface area contributed by atoms with Gasteiger partial charge in [-0.2, -0.15) is 0 Å². The van der Waals surface area contributed by atoms with Gasteiger partial charge in [0.15, 0.2) is 12.7 Å². The molecule has 2 aromatic rings. The standard InChI is InChI=1S/C20H23NO5/c1-14(17-11-7-8-12-18(17)24-3)21-19(22)13-25-20(23)15(2)26-16-9-5-4-6-10-16/h4-12,14-15H,13H2,1-3H3,(H,21,22). The van der Waals surface area contributed by atoms with Crippen molar-refractivity contribution in [2.45, 2.75) is 26.0 Å². The zero-order chi connectivity index (χ0) is 18.9. The highest BCUT2D eigenvalue weighted by Crippen LogP contribution is 2.24. The van der Waals surface area contributed by atoms with Crippen molar-refractivity contribution in [2.75, 3.05) is 13.7 Å². The molecule has 6 nitrogen and oxygen atoms in total. The molecule has 1 N–H and O–H groups in total. The zero-order valence-electron chi connectivity index (χ0n) is 15.1. The second-order valence-electron chi connectivity index (χ2n) is 5.71. The molecular formula is C20H23NO5. The second kappa shape index (κ2) is 9.46. The number of hydrogen-bond acceptors (Lipinski definition) is 5. The number of amides is 1. The molecule has 0 saturated heterocycles. The van der Waals surface area contributed by atoms with E-state index in [2.05, 4.69) is 5.32 Å². The van der Waals surface area contributed by atoms with Crippen LogP contribution >= 0.6 is 0 Å². The molecule has 1 amide bonds. The van der Waals surface area contributed by atoms with Crippen molar-refractivity contribution in [1.29, 1.82) is 0 Å². The molecule has 2 unspecified atom stereocenters. The summed E-state index contributed by atoms with van der Waals surface area (Å²) < 4.78 is 15.8. The molecule has 0 bridgehead atoms. The van der Waals surface area contributed by atoms with Crippen LogP contribution in [0.4, 0.5) is 0 Å². The molecular weight excluding hydrogens is 334 g/mol. The fraction of sp³-hybridized carbons (Fsp3) is 0.300. The number of hydrogen-bond donors (Lipinski definition) is 1. The van der Waals surface area contributed by atoms with Crippen LogP contribution in [0.15, 0.2) is 54.6 Å². The number of benzene rings is 2. The molecule has 0 fully saturated rings. The molecule has 2 atom stereocenters. The van der Waals surface area contributed by atoms with E-state index in [1.807, 2.05) is 37.3 Å². The molecule has 138 valence electrons. The summed E-state index contributed by atoms with van der Waals surface area (Å²) in [5, 5.41) is 2.78. The zero-order valence-corrected chi connectivity index (χ0v) is 15.1. The lowest BCUT2D eigenvalue weighted by Crippen LogP contribution is -2.34. The Bertz CT molecular complexity index is 732. The molecule has 0 aliphatic carbocycles. The van der Waals surface area contributed by atoms with Crippen LogP contribution < -0.4 is 14.8 Å². The van der Waals surface area contributed by atoms with E-state index in [1.54, 1.807) is 38.3 Å². The SMILES string of the molecule is COc1ccccc1C(C)NC(=O)COC(=O)C(C)Oc1ccccc1. The lowest BCUT2D eigenvalue weighted by molar-refractivity contribution is -0.154. The highest BCUT2D eigenvalue weighted by Gasteiger charge is 2.19. The largest absolute Gasteiger partial charge is 0.496 e. The van der Waals surface area contributed by atoms with Crippen LogP contribution in [-0.4, -0.2) is 31.7 Å². The predicted octanol–water partition coefficient (Wildman–Crippen LogP) is 2.88. The number of carbonyl (C=O) groups excluding carboxylic acids is 2. The summed E-state index contributed by atoms with van der Waals surface area (Å²) >= 11 is 0. The fourth-order valence-electron chi connectivity index (χ4n) is 2.39. The summed E-state index contributed by atoms with van der Waals surface area (Å²) in [7, 11) is 1.57. The Balaban J connectivity index is 1.81. The minimum absolute atomic E-state index is 0.282. The van der Waals surface area contributed by atoms with Crippen molar-refractivity contribution in [3.63, 3.8) is 0 Å². The summed E-state index contributed by atoms with van der Waals surface area (Å²) in [6.07, 6.45) is -0.808. The van der Waals surface area contributed by atoms with Gasteiger partial charge in [0.2, 0.25) is 0 Å². The minimum Gasteiger partial charge on any atom is -0.496 e. The molecule has 0 saturated carbocycles. The summed E-state index contributed by atoms with van der Waals surface area (Å²) in [6.45, 7) is 3.03. The Morgan fingerprint density at radius 3 is 2.35 bits per heavy atom. The average molecular weight is 357 g/mol. The van der Waals surface area contributed by atoms with Crippen molar-refractivity contribution in [3.05, 3.63) is 60.2 Å². The highest BCUT2D eigenvalue weighted by atomic mass is 16.6. The van der Waals surface area contributed by atoms with Crippen LogP contribution in [-0.2, 0) is 14.3 Å². The molecule has 0 aliphatic rings. The average Bonchev–Trinajstić information content (AvgIpc) is 2.66. The predicted molar refractivity (Wildman–Crippen MR) is 97.0 cm³/mol. The summed E-state index contributed by atoms with van der Waals surface area (Å²) in [4.78, 5) is 24.0. The summed E-state index contributed by atoms with van der Waals surface area (Å²) in [5.41, 5.74) is 0.843. The smallest absolute Gasteiger partial charge is 0.347 e.